The molecule has 0 aliphatic rings. The highest BCUT2D eigenvalue weighted by Crippen LogP contribution is 2.21. The molecule has 1 aromatic carbocycles. The molecule has 6 nitrogen and oxygen atoms in total. The molecule has 2 rings (SSSR count). The first kappa shape index (κ1) is 17.2. The number of carboxylic acids is 1. The molecule has 0 aliphatic carbocycles. The number of carbonyl (C=O) groups is 2. The van der Waals surface area contributed by atoms with E-state index in [9.17, 15) is 9.59 Å². The molecule has 0 aliphatic heterocycles. The number of aromatic nitrogens is 2. The van der Waals surface area contributed by atoms with Crippen LogP contribution in [0.4, 0.5) is 5.82 Å². The molecule has 0 fully saturated rings. The van der Waals surface area contributed by atoms with E-state index in [1.807, 2.05) is 31.2 Å². The van der Waals surface area contributed by atoms with Crippen LogP contribution in [-0.4, -0.2) is 26.8 Å². The molecular weight excluding hydrogens is 362 g/mol. The number of halogens is 1. The van der Waals surface area contributed by atoms with Gasteiger partial charge in [-0.3, -0.25) is 14.3 Å². The van der Waals surface area contributed by atoms with E-state index in [2.05, 4.69) is 26.3 Å². The maximum atomic E-state index is 12.4. The zero-order chi connectivity index (χ0) is 16.8. The lowest BCUT2D eigenvalue weighted by Gasteiger charge is -2.15. The minimum atomic E-state index is -0.980. The Hall–Kier alpha value is -2.15. The number of benzene rings is 1. The zero-order valence-electron chi connectivity index (χ0n) is 12.7. The van der Waals surface area contributed by atoms with E-state index in [-0.39, 0.29) is 18.4 Å². The average molecular weight is 380 g/mol. The molecule has 0 radical (unpaired) electrons. The van der Waals surface area contributed by atoms with E-state index in [0.717, 1.165) is 10.0 Å². The van der Waals surface area contributed by atoms with E-state index >= 15 is 0 Å². The summed E-state index contributed by atoms with van der Waals surface area (Å²) in [6, 6.07) is 9.41. The molecule has 1 atom stereocenters. The predicted octanol–water partition coefficient (Wildman–Crippen LogP) is 2.94. The molecule has 0 saturated carbocycles. The quantitative estimate of drug-likeness (QED) is 0.774. The SMILES string of the molecule is CCC(Cc1ccccc1Br)C(=O)Nc1ccn(CC(=O)O)n1. The summed E-state index contributed by atoms with van der Waals surface area (Å²) in [7, 11) is 0. The fraction of sp³-hybridized carbons (Fsp3) is 0.312. The van der Waals surface area contributed by atoms with E-state index in [1.54, 1.807) is 6.07 Å². The van der Waals surface area contributed by atoms with Crippen LogP contribution in [0.25, 0.3) is 0 Å². The highest BCUT2D eigenvalue weighted by Gasteiger charge is 2.19. The molecule has 0 spiro atoms. The van der Waals surface area contributed by atoms with Gasteiger partial charge in [0.25, 0.3) is 0 Å². The van der Waals surface area contributed by atoms with E-state index in [0.29, 0.717) is 18.7 Å². The third-order valence-corrected chi connectivity index (χ3v) is 4.25. The summed E-state index contributed by atoms with van der Waals surface area (Å²) in [5, 5.41) is 15.5. The number of anilines is 1. The van der Waals surface area contributed by atoms with Gasteiger partial charge in [-0.2, -0.15) is 5.10 Å². The Morgan fingerprint density at radius 1 is 1.35 bits per heavy atom. The molecule has 7 heteroatoms. The maximum absolute atomic E-state index is 12.4. The van der Waals surface area contributed by atoms with Gasteiger partial charge in [-0.25, -0.2) is 0 Å². The number of rotatable bonds is 7. The standard InChI is InChI=1S/C16H18BrN3O3/c1-2-11(9-12-5-3-4-6-13(12)17)16(23)18-14-7-8-20(19-14)10-15(21)22/h3-8,11H,2,9-10H2,1H3,(H,21,22)(H,18,19,23). The minimum Gasteiger partial charge on any atom is -0.480 e. The lowest BCUT2D eigenvalue weighted by molar-refractivity contribution is -0.137. The van der Waals surface area contributed by atoms with Crippen molar-refractivity contribution in [2.75, 3.05) is 5.32 Å². The molecule has 122 valence electrons. The second kappa shape index (κ2) is 7.92. The molecule has 2 N–H and O–H groups in total. The second-order valence-electron chi connectivity index (χ2n) is 5.18. The second-order valence-corrected chi connectivity index (χ2v) is 6.04. The molecule has 2 aromatic rings. The van der Waals surface area contributed by atoms with Crippen molar-refractivity contribution in [2.45, 2.75) is 26.3 Å². The van der Waals surface area contributed by atoms with Gasteiger partial charge in [0.15, 0.2) is 5.82 Å². The van der Waals surface area contributed by atoms with Crippen LogP contribution in [0.1, 0.15) is 18.9 Å². The minimum absolute atomic E-state index is 0.121. The van der Waals surface area contributed by atoms with Crippen LogP contribution in [0.5, 0.6) is 0 Å². The first-order valence-corrected chi connectivity index (χ1v) is 8.08. The van der Waals surface area contributed by atoms with Crippen LogP contribution in [-0.2, 0) is 22.6 Å². The Balaban J connectivity index is 2.01. The van der Waals surface area contributed by atoms with Gasteiger partial charge in [0.1, 0.15) is 6.54 Å². The largest absolute Gasteiger partial charge is 0.480 e. The number of hydrogen-bond acceptors (Lipinski definition) is 3. The molecule has 23 heavy (non-hydrogen) atoms. The van der Waals surface area contributed by atoms with Gasteiger partial charge in [0, 0.05) is 22.7 Å². The number of hydrogen-bond donors (Lipinski definition) is 2. The number of nitrogens with zero attached hydrogens (tertiary/aromatic N) is 2. The molecule has 1 amide bonds. The van der Waals surface area contributed by atoms with Gasteiger partial charge in [-0.1, -0.05) is 41.1 Å². The predicted molar refractivity (Wildman–Crippen MR) is 90.1 cm³/mol. The first-order valence-electron chi connectivity index (χ1n) is 7.29. The van der Waals surface area contributed by atoms with Gasteiger partial charge in [0.05, 0.1) is 0 Å². The normalized spacial score (nSPS) is 11.9. The van der Waals surface area contributed by atoms with Gasteiger partial charge >= 0.3 is 5.97 Å². The summed E-state index contributed by atoms with van der Waals surface area (Å²) in [6.45, 7) is 1.73. The van der Waals surface area contributed by atoms with Crippen molar-refractivity contribution in [1.82, 2.24) is 9.78 Å². The van der Waals surface area contributed by atoms with Crippen LogP contribution < -0.4 is 5.32 Å². The van der Waals surface area contributed by atoms with Gasteiger partial charge in [-0.15, -0.1) is 0 Å². The number of carboxylic acid groups (broad SMARTS) is 1. The third-order valence-electron chi connectivity index (χ3n) is 3.48. The Morgan fingerprint density at radius 2 is 2.09 bits per heavy atom. The highest BCUT2D eigenvalue weighted by molar-refractivity contribution is 9.10. The van der Waals surface area contributed by atoms with Crippen LogP contribution in [0.15, 0.2) is 41.0 Å². The molecule has 0 bridgehead atoms. The Morgan fingerprint density at radius 3 is 2.74 bits per heavy atom. The fourth-order valence-corrected chi connectivity index (χ4v) is 2.68. The van der Waals surface area contributed by atoms with E-state index < -0.39 is 5.97 Å². The van der Waals surface area contributed by atoms with E-state index in [4.69, 9.17) is 5.11 Å². The van der Waals surface area contributed by atoms with Gasteiger partial charge in [-0.05, 0) is 24.5 Å². The summed E-state index contributed by atoms with van der Waals surface area (Å²) >= 11 is 3.49. The van der Waals surface area contributed by atoms with Crippen molar-refractivity contribution >= 4 is 33.6 Å². The lowest BCUT2D eigenvalue weighted by atomic mass is 9.96. The summed E-state index contributed by atoms with van der Waals surface area (Å²) < 4.78 is 2.25. The van der Waals surface area contributed by atoms with Crippen molar-refractivity contribution in [3.05, 3.63) is 46.6 Å². The topological polar surface area (TPSA) is 84.2 Å². The van der Waals surface area contributed by atoms with Crippen LogP contribution in [0.3, 0.4) is 0 Å². The van der Waals surface area contributed by atoms with Crippen LogP contribution in [0.2, 0.25) is 0 Å². The van der Waals surface area contributed by atoms with Crippen molar-refractivity contribution < 1.29 is 14.7 Å². The van der Waals surface area contributed by atoms with Crippen molar-refractivity contribution in [1.29, 1.82) is 0 Å². The van der Waals surface area contributed by atoms with Crippen LogP contribution in [0, 0.1) is 5.92 Å². The number of carbonyl (C=O) groups excluding carboxylic acids is 1. The lowest BCUT2D eigenvalue weighted by Crippen LogP contribution is -2.24. The number of amides is 1. The van der Waals surface area contributed by atoms with Gasteiger partial charge < -0.3 is 10.4 Å². The zero-order valence-corrected chi connectivity index (χ0v) is 14.3. The summed E-state index contributed by atoms with van der Waals surface area (Å²) in [4.78, 5) is 23.0. The average Bonchev–Trinajstić information content (AvgIpc) is 2.92. The summed E-state index contributed by atoms with van der Waals surface area (Å²) in [5.74, 6) is -0.921. The summed E-state index contributed by atoms with van der Waals surface area (Å²) in [6.07, 6.45) is 2.85. The Kier molecular flexibility index (Phi) is 5.92. The smallest absolute Gasteiger partial charge is 0.325 e. The van der Waals surface area contributed by atoms with Crippen molar-refractivity contribution in [2.24, 2.45) is 5.92 Å². The maximum Gasteiger partial charge on any atom is 0.325 e. The fourth-order valence-electron chi connectivity index (χ4n) is 2.24. The van der Waals surface area contributed by atoms with E-state index in [1.165, 1.54) is 10.9 Å². The molecule has 1 aromatic heterocycles. The Bertz CT molecular complexity index is 699. The number of aliphatic carboxylic acids is 1. The Labute approximate surface area is 142 Å². The molecule has 1 unspecified atom stereocenters. The number of nitrogens with one attached hydrogen (secondary N) is 1. The van der Waals surface area contributed by atoms with Crippen LogP contribution >= 0.6 is 15.9 Å². The van der Waals surface area contributed by atoms with Crippen molar-refractivity contribution in [3.63, 3.8) is 0 Å². The summed E-state index contributed by atoms with van der Waals surface area (Å²) in [5.41, 5.74) is 1.07. The highest BCUT2D eigenvalue weighted by atomic mass is 79.9. The molecular formula is C16H18BrN3O3. The third kappa shape index (κ3) is 4.92. The van der Waals surface area contributed by atoms with Gasteiger partial charge in [0.2, 0.25) is 5.91 Å². The van der Waals surface area contributed by atoms with Crippen molar-refractivity contribution in [3.8, 4) is 0 Å². The molecule has 0 saturated heterocycles. The monoisotopic (exact) mass is 379 g/mol. The first-order chi connectivity index (χ1) is 11.0. The molecule has 1 heterocycles.